The lowest BCUT2D eigenvalue weighted by Gasteiger charge is -2.38. The maximum Gasteiger partial charge on any atom is 0.426 e. The second kappa shape index (κ2) is 8.22. The van der Waals surface area contributed by atoms with Gasteiger partial charge >= 0.3 is 12.4 Å². The quantitative estimate of drug-likeness (QED) is 0.493. The van der Waals surface area contributed by atoms with Gasteiger partial charge in [0.25, 0.3) is 5.60 Å². The molecule has 0 aliphatic rings. The third-order valence-electron chi connectivity index (χ3n) is 3.58. The zero-order valence-electron chi connectivity index (χ0n) is 11.9. The lowest BCUT2D eigenvalue weighted by Crippen LogP contribution is -2.62. The lowest BCUT2D eigenvalue weighted by atomic mass is 9.82. The van der Waals surface area contributed by atoms with Crippen LogP contribution in [0, 0.1) is 5.92 Å². The Morgan fingerprint density at radius 2 is 1.24 bits per heavy atom. The first-order valence-corrected chi connectivity index (χ1v) is 6.99. The Labute approximate surface area is 120 Å². The number of unbranched alkanes of at least 4 members (excludes halogenated alkanes) is 5. The van der Waals surface area contributed by atoms with E-state index in [1.165, 1.54) is 0 Å². The summed E-state index contributed by atoms with van der Waals surface area (Å²) in [5.41, 5.74) is -4.86. The molecule has 0 amide bonds. The summed E-state index contributed by atoms with van der Waals surface area (Å²) < 4.78 is 75.8. The van der Waals surface area contributed by atoms with Gasteiger partial charge in [-0.1, -0.05) is 45.4 Å². The van der Waals surface area contributed by atoms with Crippen LogP contribution in [0.5, 0.6) is 0 Å². The second-order valence-electron chi connectivity index (χ2n) is 5.20. The Balaban J connectivity index is 4.72. The van der Waals surface area contributed by atoms with Crippen molar-refractivity contribution in [3.63, 3.8) is 0 Å². The number of aliphatic hydroxyl groups excluding tert-OH is 1. The van der Waals surface area contributed by atoms with Gasteiger partial charge in [-0.15, -0.1) is 0 Å². The Hall–Kier alpha value is -0.500. The van der Waals surface area contributed by atoms with E-state index in [0.717, 1.165) is 19.3 Å². The van der Waals surface area contributed by atoms with Crippen molar-refractivity contribution in [2.24, 2.45) is 5.92 Å². The van der Waals surface area contributed by atoms with E-state index >= 15 is 0 Å². The summed E-state index contributed by atoms with van der Waals surface area (Å²) in [6.07, 6.45) is -8.20. The number of hydrogen-bond donors (Lipinski definition) is 2. The fourth-order valence-corrected chi connectivity index (χ4v) is 2.23. The first-order valence-electron chi connectivity index (χ1n) is 6.99. The molecule has 0 heterocycles. The van der Waals surface area contributed by atoms with Crippen LogP contribution in [-0.4, -0.2) is 34.8 Å². The molecule has 0 bridgehead atoms. The van der Waals surface area contributed by atoms with Crippen molar-refractivity contribution in [2.75, 3.05) is 6.61 Å². The van der Waals surface area contributed by atoms with E-state index in [1.807, 2.05) is 6.92 Å². The van der Waals surface area contributed by atoms with Crippen molar-refractivity contribution >= 4 is 0 Å². The van der Waals surface area contributed by atoms with Crippen LogP contribution in [0.1, 0.15) is 51.9 Å². The maximum atomic E-state index is 12.6. The molecule has 1 unspecified atom stereocenters. The molecule has 0 radical (unpaired) electrons. The highest BCUT2D eigenvalue weighted by Crippen LogP contribution is 2.48. The number of aliphatic hydroxyl groups is 2. The smallest absolute Gasteiger partial charge is 0.396 e. The third-order valence-corrected chi connectivity index (χ3v) is 3.58. The summed E-state index contributed by atoms with van der Waals surface area (Å²) in [5.74, 6) is -2.30. The zero-order valence-corrected chi connectivity index (χ0v) is 11.9. The Bertz CT molecular complexity index is 273. The van der Waals surface area contributed by atoms with E-state index < -0.39 is 36.9 Å². The highest BCUT2D eigenvalue weighted by atomic mass is 19.4. The highest BCUT2D eigenvalue weighted by molar-refractivity contribution is 4.99. The van der Waals surface area contributed by atoms with Gasteiger partial charge in [0.1, 0.15) is 0 Å². The number of halogens is 6. The molecule has 21 heavy (non-hydrogen) atoms. The molecule has 0 rings (SSSR count). The zero-order chi connectivity index (χ0) is 16.7. The molecule has 0 saturated heterocycles. The number of alkyl halides is 6. The predicted octanol–water partition coefficient (Wildman–Crippen LogP) is 4.20. The van der Waals surface area contributed by atoms with E-state index in [0.29, 0.717) is 12.8 Å². The summed E-state index contributed by atoms with van der Waals surface area (Å²) in [6, 6.07) is 0. The van der Waals surface area contributed by atoms with Crippen molar-refractivity contribution in [1.29, 1.82) is 0 Å². The van der Waals surface area contributed by atoms with Gasteiger partial charge in [0.05, 0.1) is 0 Å². The molecule has 0 aromatic carbocycles. The molecule has 8 heteroatoms. The Morgan fingerprint density at radius 3 is 1.62 bits per heavy atom. The Morgan fingerprint density at radius 1 is 0.810 bits per heavy atom. The van der Waals surface area contributed by atoms with Gasteiger partial charge < -0.3 is 10.2 Å². The molecule has 0 aromatic rings. The van der Waals surface area contributed by atoms with E-state index in [9.17, 15) is 31.4 Å². The van der Waals surface area contributed by atoms with Gasteiger partial charge in [-0.3, -0.25) is 0 Å². The van der Waals surface area contributed by atoms with Crippen LogP contribution in [0.25, 0.3) is 0 Å². The molecule has 0 aliphatic carbocycles. The SMILES string of the molecule is CCCCCCCCC(CO)C(O)(C(F)(F)F)C(F)(F)F. The van der Waals surface area contributed by atoms with E-state index in [4.69, 9.17) is 5.11 Å². The van der Waals surface area contributed by atoms with Gasteiger partial charge in [0, 0.05) is 12.5 Å². The fourth-order valence-electron chi connectivity index (χ4n) is 2.23. The molecule has 1 atom stereocenters. The third kappa shape index (κ3) is 5.32. The van der Waals surface area contributed by atoms with Gasteiger partial charge in [0.2, 0.25) is 0 Å². The standard InChI is InChI=1S/C13H22F6O2/c1-2-3-4-5-6-7-8-10(9-20)11(21,12(14,15)16)13(17,18)19/h10,20-21H,2-9H2,1H3. The van der Waals surface area contributed by atoms with Crippen LogP contribution in [0.3, 0.4) is 0 Å². The van der Waals surface area contributed by atoms with Crippen LogP contribution in [0.2, 0.25) is 0 Å². The van der Waals surface area contributed by atoms with E-state index in [2.05, 4.69) is 0 Å². The van der Waals surface area contributed by atoms with Crippen molar-refractivity contribution < 1.29 is 36.6 Å². The average Bonchev–Trinajstić information content (AvgIpc) is 2.34. The number of rotatable bonds is 9. The van der Waals surface area contributed by atoms with Crippen LogP contribution in [-0.2, 0) is 0 Å². The average molecular weight is 324 g/mol. The van der Waals surface area contributed by atoms with Gasteiger partial charge in [0.15, 0.2) is 0 Å². The Kier molecular flexibility index (Phi) is 8.02. The van der Waals surface area contributed by atoms with Gasteiger partial charge in [-0.25, -0.2) is 0 Å². The molecule has 0 aliphatic heterocycles. The summed E-state index contributed by atoms with van der Waals surface area (Å²) >= 11 is 0. The summed E-state index contributed by atoms with van der Waals surface area (Å²) in [5, 5.41) is 18.0. The molecule has 0 spiro atoms. The van der Waals surface area contributed by atoms with E-state index in [-0.39, 0.29) is 6.42 Å². The van der Waals surface area contributed by atoms with Crippen molar-refractivity contribution in [3.8, 4) is 0 Å². The topological polar surface area (TPSA) is 40.5 Å². The minimum atomic E-state index is -5.87. The van der Waals surface area contributed by atoms with Crippen molar-refractivity contribution in [3.05, 3.63) is 0 Å². The highest BCUT2D eigenvalue weighted by Gasteiger charge is 2.73. The van der Waals surface area contributed by atoms with Gasteiger partial charge in [-0.2, -0.15) is 26.3 Å². The number of hydrogen-bond acceptors (Lipinski definition) is 2. The molecule has 0 fully saturated rings. The maximum absolute atomic E-state index is 12.6. The molecule has 0 saturated carbocycles. The van der Waals surface area contributed by atoms with Crippen molar-refractivity contribution in [2.45, 2.75) is 69.8 Å². The summed E-state index contributed by atoms with van der Waals surface area (Å²) in [7, 11) is 0. The van der Waals surface area contributed by atoms with Crippen molar-refractivity contribution in [1.82, 2.24) is 0 Å². The second-order valence-corrected chi connectivity index (χ2v) is 5.20. The molecule has 128 valence electrons. The normalized spacial score (nSPS) is 15.3. The minimum absolute atomic E-state index is 0.101. The van der Waals surface area contributed by atoms with Gasteiger partial charge in [-0.05, 0) is 6.42 Å². The lowest BCUT2D eigenvalue weighted by molar-refractivity contribution is -0.387. The molecule has 0 aromatic heterocycles. The summed E-state index contributed by atoms with van der Waals surface area (Å²) in [4.78, 5) is 0. The van der Waals surface area contributed by atoms with E-state index in [1.54, 1.807) is 0 Å². The molecule has 2 N–H and O–H groups in total. The first kappa shape index (κ1) is 20.5. The monoisotopic (exact) mass is 324 g/mol. The summed E-state index contributed by atoms with van der Waals surface area (Å²) in [6.45, 7) is 0.610. The largest absolute Gasteiger partial charge is 0.426 e. The predicted molar refractivity (Wildman–Crippen MR) is 65.6 cm³/mol. The van der Waals surface area contributed by atoms with Crippen LogP contribution in [0.15, 0.2) is 0 Å². The van der Waals surface area contributed by atoms with Crippen LogP contribution < -0.4 is 0 Å². The van der Waals surface area contributed by atoms with Crippen LogP contribution in [0.4, 0.5) is 26.3 Å². The van der Waals surface area contributed by atoms with Crippen LogP contribution >= 0.6 is 0 Å². The molecular formula is C13H22F6O2. The fraction of sp³-hybridized carbons (Fsp3) is 1.00. The first-order chi connectivity index (χ1) is 9.52. The molecule has 2 nitrogen and oxygen atoms in total. The molecular weight excluding hydrogens is 302 g/mol. The minimum Gasteiger partial charge on any atom is -0.396 e.